The smallest absolute Gasteiger partial charge is 0.123 e. The minimum absolute atomic E-state index is 0.154. The van der Waals surface area contributed by atoms with Gasteiger partial charge in [-0.1, -0.05) is 6.07 Å². The highest BCUT2D eigenvalue weighted by Crippen LogP contribution is 2.16. The maximum absolute atomic E-state index is 13.1. The van der Waals surface area contributed by atoms with Gasteiger partial charge in [0.05, 0.1) is 0 Å². The number of hydrogen-bond donors (Lipinski definition) is 1. The van der Waals surface area contributed by atoms with Crippen LogP contribution in [-0.4, -0.2) is 24.0 Å². The van der Waals surface area contributed by atoms with Crippen LogP contribution in [0.15, 0.2) is 18.2 Å². The second-order valence-electron chi connectivity index (χ2n) is 4.35. The molecule has 1 aromatic carbocycles. The van der Waals surface area contributed by atoms with E-state index >= 15 is 0 Å². The third-order valence-corrected chi connectivity index (χ3v) is 3.01. The first-order valence-electron chi connectivity index (χ1n) is 5.38. The lowest BCUT2D eigenvalue weighted by molar-refractivity contribution is 0.325. The summed E-state index contributed by atoms with van der Waals surface area (Å²) in [5.74, 6) is -0.154. The summed E-state index contributed by atoms with van der Waals surface area (Å²) >= 11 is 0. The fourth-order valence-corrected chi connectivity index (χ4v) is 2.06. The van der Waals surface area contributed by atoms with Gasteiger partial charge < -0.3 is 5.73 Å². The fraction of sp³-hybridized carbons (Fsp3) is 0.500. The summed E-state index contributed by atoms with van der Waals surface area (Å²) in [5.41, 5.74) is 8.05. The molecule has 0 aromatic heterocycles. The second kappa shape index (κ2) is 4.29. The Morgan fingerprint density at radius 3 is 3.00 bits per heavy atom. The highest BCUT2D eigenvalue weighted by atomic mass is 19.1. The van der Waals surface area contributed by atoms with E-state index in [9.17, 15) is 4.39 Å². The Hall–Kier alpha value is -0.930. The van der Waals surface area contributed by atoms with Crippen molar-refractivity contribution in [1.82, 2.24) is 4.90 Å². The average molecular weight is 208 g/mol. The van der Waals surface area contributed by atoms with Gasteiger partial charge in [0.15, 0.2) is 0 Å². The van der Waals surface area contributed by atoms with E-state index in [1.165, 1.54) is 6.07 Å². The molecule has 1 saturated heterocycles. The monoisotopic (exact) mass is 208 g/mol. The second-order valence-corrected chi connectivity index (χ2v) is 4.35. The number of benzene rings is 1. The molecule has 1 heterocycles. The molecule has 1 aliphatic rings. The number of likely N-dealkylation sites (tertiary alicyclic amines) is 1. The van der Waals surface area contributed by atoms with Gasteiger partial charge in [-0.2, -0.15) is 0 Å². The average Bonchev–Trinajstić information content (AvgIpc) is 2.58. The van der Waals surface area contributed by atoms with Crippen molar-refractivity contribution >= 4 is 0 Å². The van der Waals surface area contributed by atoms with Crippen molar-refractivity contribution in [3.05, 3.63) is 35.1 Å². The van der Waals surface area contributed by atoms with Crippen LogP contribution in [0.5, 0.6) is 0 Å². The number of nitrogens with zero attached hydrogens (tertiary/aromatic N) is 1. The van der Waals surface area contributed by atoms with E-state index in [-0.39, 0.29) is 5.82 Å². The number of aryl methyl sites for hydroxylation is 1. The number of rotatable bonds is 2. The Balaban J connectivity index is 2.07. The third kappa shape index (κ3) is 2.55. The Kier molecular flexibility index (Phi) is 3.03. The van der Waals surface area contributed by atoms with Gasteiger partial charge in [0.25, 0.3) is 0 Å². The van der Waals surface area contributed by atoms with E-state index in [0.717, 1.165) is 37.2 Å². The lowest BCUT2D eigenvalue weighted by atomic mass is 10.1. The van der Waals surface area contributed by atoms with E-state index in [0.29, 0.717) is 6.04 Å². The summed E-state index contributed by atoms with van der Waals surface area (Å²) in [6.45, 7) is 4.79. The molecule has 1 aromatic rings. The van der Waals surface area contributed by atoms with E-state index in [4.69, 9.17) is 5.73 Å². The van der Waals surface area contributed by atoms with Crippen molar-refractivity contribution in [3.63, 3.8) is 0 Å². The first-order valence-corrected chi connectivity index (χ1v) is 5.38. The summed E-state index contributed by atoms with van der Waals surface area (Å²) < 4.78 is 13.1. The van der Waals surface area contributed by atoms with Crippen molar-refractivity contribution in [2.75, 3.05) is 13.1 Å². The highest BCUT2D eigenvalue weighted by molar-refractivity contribution is 5.26. The summed E-state index contributed by atoms with van der Waals surface area (Å²) in [4.78, 5) is 2.28. The highest BCUT2D eigenvalue weighted by Gasteiger charge is 2.19. The molecular formula is C12H17FN2. The number of hydrogen-bond acceptors (Lipinski definition) is 2. The topological polar surface area (TPSA) is 29.3 Å². The van der Waals surface area contributed by atoms with Crippen molar-refractivity contribution in [1.29, 1.82) is 0 Å². The van der Waals surface area contributed by atoms with E-state index in [1.54, 1.807) is 6.07 Å². The third-order valence-electron chi connectivity index (χ3n) is 3.01. The summed E-state index contributed by atoms with van der Waals surface area (Å²) in [6.07, 6.45) is 1.05. The van der Waals surface area contributed by atoms with Crippen molar-refractivity contribution < 1.29 is 4.39 Å². The normalized spacial score (nSPS) is 22.2. The molecule has 0 aliphatic carbocycles. The standard InChI is InChI=1S/C12H17FN2/c1-9-2-3-11(13)6-10(9)7-15-5-4-12(14)8-15/h2-3,6,12H,4-5,7-8,14H2,1H3/t12-/m1/s1. The summed E-state index contributed by atoms with van der Waals surface area (Å²) in [5, 5.41) is 0. The van der Waals surface area contributed by atoms with Gasteiger partial charge in [-0.25, -0.2) is 4.39 Å². The van der Waals surface area contributed by atoms with Crippen LogP contribution in [0.1, 0.15) is 17.5 Å². The quantitative estimate of drug-likeness (QED) is 0.801. The van der Waals surface area contributed by atoms with Gasteiger partial charge in [0.1, 0.15) is 5.82 Å². The molecule has 2 nitrogen and oxygen atoms in total. The van der Waals surface area contributed by atoms with Gasteiger partial charge >= 0.3 is 0 Å². The van der Waals surface area contributed by atoms with Gasteiger partial charge in [0, 0.05) is 25.7 Å². The SMILES string of the molecule is Cc1ccc(F)cc1CN1CC[C@@H](N)C1. The van der Waals surface area contributed by atoms with Crippen molar-refractivity contribution in [2.24, 2.45) is 5.73 Å². The molecule has 15 heavy (non-hydrogen) atoms. The molecule has 1 atom stereocenters. The molecule has 0 spiro atoms. The molecule has 3 heteroatoms. The van der Waals surface area contributed by atoms with E-state index in [2.05, 4.69) is 4.90 Å². The molecule has 1 fully saturated rings. The Labute approximate surface area is 89.9 Å². The first kappa shape index (κ1) is 10.6. The molecule has 2 rings (SSSR count). The maximum atomic E-state index is 13.1. The van der Waals surface area contributed by atoms with Gasteiger partial charge in [-0.15, -0.1) is 0 Å². The van der Waals surface area contributed by atoms with Crippen LogP contribution in [-0.2, 0) is 6.54 Å². The zero-order chi connectivity index (χ0) is 10.8. The molecule has 0 amide bonds. The van der Waals surface area contributed by atoms with Crippen LogP contribution in [0.25, 0.3) is 0 Å². The molecule has 1 aliphatic heterocycles. The van der Waals surface area contributed by atoms with E-state index in [1.807, 2.05) is 13.0 Å². The Bertz CT molecular complexity index is 351. The minimum Gasteiger partial charge on any atom is -0.326 e. The van der Waals surface area contributed by atoms with Crippen molar-refractivity contribution in [3.8, 4) is 0 Å². The molecule has 2 N–H and O–H groups in total. The lowest BCUT2D eigenvalue weighted by Gasteiger charge is -2.16. The van der Waals surface area contributed by atoms with Crippen LogP contribution < -0.4 is 5.73 Å². The predicted octanol–water partition coefficient (Wildman–Crippen LogP) is 1.67. The first-order chi connectivity index (χ1) is 7.15. The molecule has 0 unspecified atom stereocenters. The Morgan fingerprint density at radius 1 is 1.53 bits per heavy atom. The lowest BCUT2D eigenvalue weighted by Crippen LogP contribution is -2.26. The largest absolute Gasteiger partial charge is 0.326 e. The molecule has 0 radical (unpaired) electrons. The minimum atomic E-state index is -0.154. The molecule has 0 bridgehead atoms. The van der Waals surface area contributed by atoms with Crippen LogP contribution in [0.2, 0.25) is 0 Å². The Morgan fingerprint density at radius 2 is 2.33 bits per heavy atom. The molecule has 82 valence electrons. The van der Waals surface area contributed by atoms with Crippen LogP contribution in [0.3, 0.4) is 0 Å². The van der Waals surface area contributed by atoms with Crippen LogP contribution in [0.4, 0.5) is 4.39 Å². The van der Waals surface area contributed by atoms with Crippen LogP contribution >= 0.6 is 0 Å². The summed E-state index contributed by atoms with van der Waals surface area (Å²) in [7, 11) is 0. The maximum Gasteiger partial charge on any atom is 0.123 e. The van der Waals surface area contributed by atoms with Gasteiger partial charge in [-0.05, 0) is 36.6 Å². The zero-order valence-corrected chi connectivity index (χ0v) is 9.04. The summed E-state index contributed by atoms with van der Waals surface area (Å²) in [6, 6.07) is 5.26. The molecular weight excluding hydrogens is 191 g/mol. The zero-order valence-electron chi connectivity index (χ0n) is 9.04. The van der Waals surface area contributed by atoms with Crippen LogP contribution in [0, 0.1) is 12.7 Å². The predicted molar refractivity (Wildman–Crippen MR) is 59.0 cm³/mol. The number of nitrogens with two attached hydrogens (primary N) is 1. The van der Waals surface area contributed by atoms with E-state index < -0.39 is 0 Å². The van der Waals surface area contributed by atoms with Gasteiger partial charge in [-0.3, -0.25) is 4.90 Å². The molecule has 0 saturated carbocycles. The van der Waals surface area contributed by atoms with Gasteiger partial charge in [0.2, 0.25) is 0 Å². The van der Waals surface area contributed by atoms with Crippen molar-refractivity contribution in [2.45, 2.75) is 25.9 Å². The number of halogens is 1. The fourth-order valence-electron chi connectivity index (χ4n) is 2.06.